The second-order valence-electron chi connectivity index (χ2n) is 8.31. The molecule has 0 saturated heterocycles. The van der Waals surface area contributed by atoms with Gasteiger partial charge in [-0.1, -0.05) is 48.0 Å². The SMILES string of the molecule is O=C(CSc1ccc(NC(=O)/C(=C/c2c(F)cccc2Cl)NC(=O)c2ccccc2)cc1)Nc1ccccc1F. The first kappa shape index (κ1) is 28.5. The van der Waals surface area contributed by atoms with Gasteiger partial charge in [0, 0.05) is 21.7 Å². The van der Waals surface area contributed by atoms with Crippen LogP contribution >= 0.6 is 23.4 Å². The summed E-state index contributed by atoms with van der Waals surface area (Å²) in [7, 11) is 0. The van der Waals surface area contributed by atoms with Crippen molar-refractivity contribution in [3.8, 4) is 0 Å². The van der Waals surface area contributed by atoms with E-state index < -0.39 is 23.4 Å². The number of nitrogens with one attached hydrogen (secondary N) is 3. The van der Waals surface area contributed by atoms with E-state index in [1.807, 2.05) is 0 Å². The third-order valence-corrected chi connectivity index (χ3v) is 6.79. The van der Waals surface area contributed by atoms with Crippen LogP contribution in [0.3, 0.4) is 0 Å². The standard InChI is InChI=1S/C30H22ClF2N3O3S/c31-23-9-6-11-24(32)22(23)17-27(36-29(38)19-7-2-1-3-8-19)30(39)34-20-13-15-21(16-14-20)40-18-28(37)35-26-12-5-4-10-25(26)33/h1-17H,18H2,(H,34,39)(H,35,37)(H,36,38)/b27-17-. The van der Waals surface area contributed by atoms with Crippen molar-refractivity contribution in [2.24, 2.45) is 0 Å². The summed E-state index contributed by atoms with van der Waals surface area (Å²) < 4.78 is 28.2. The van der Waals surface area contributed by atoms with Crippen molar-refractivity contribution < 1.29 is 23.2 Å². The Morgan fingerprint density at radius 3 is 2.15 bits per heavy atom. The third kappa shape index (κ3) is 7.78. The van der Waals surface area contributed by atoms with Gasteiger partial charge in [0.1, 0.15) is 17.3 Å². The quantitative estimate of drug-likeness (QED) is 0.152. The summed E-state index contributed by atoms with van der Waals surface area (Å²) in [6.07, 6.45) is 1.17. The van der Waals surface area contributed by atoms with Crippen LogP contribution in [0.25, 0.3) is 6.08 Å². The van der Waals surface area contributed by atoms with Crippen LogP contribution < -0.4 is 16.0 Å². The monoisotopic (exact) mass is 577 g/mol. The number of carbonyl (C=O) groups excluding carboxylic acids is 3. The normalized spacial score (nSPS) is 11.0. The zero-order chi connectivity index (χ0) is 28.5. The summed E-state index contributed by atoms with van der Waals surface area (Å²) in [6.45, 7) is 0. The Morgan fingerprint density at radius 2 is 1.45 bits per heavy atom. The summed E-state index contributed by atoms with van der Waals surface area (Å²) in [5, 5.41) is 7.79. The lowest BCUT2D eigenvalue weighted by molar-refractivity contribution is -0.114. The molecule has 4 rings (SSSR count). The number of rotatable bonds is 9. The maximum Gasteiger partial charge on any atom is 0.272 e. The highest BCUT2D eigenvalue weighted by Gasteiger charge is 2.17. The molecule has 0 aliphatic carbocycles. The Balaban J connectivity index is 1.44. The van der Waals surface area contributed by atoms with Crippen molar-refractivity contribution in [3.05, 3.63) is 131 Å². The number of amides is 3. The van der Waals surface area contributed by atoms with Gasteiger partial charge in [-0.2, -0.15) is 0 Å². The van der Waals surface area contributed by atoms with Gasteiger partial charge in [0.2, 0.25) is 5.91 Å². The van der Waals surface area contributed by atoms with Gasteiger partial charge in [-0.05, 0) is 66.7 Å². The molecular formula is C30H22ClF2N3O3S. The van der Waals surface area contributed by atoms with E-state index >= 15 is 0 Å². The predicted octanol–water partition coefficient (Wildman–Crippen LogP) is 6.76. The van der Waals surface area contributed by atoms with Crippen LogP contribution in [0.1, 0.15) is 15.9 Å². The first-order valence-corrected chi connectivity index (χ1v) is 13.3. The number of benzene rings is 4. The minimum atomic E-state index is -0.701. The average Bonchev–Trinajstić information content (AvgIpc) is 2.95. The zero-order valence-electron chi connectivity index (χ0n) is 20.8. The molecule has 202 valence electrons. The summed E-state index contributed by atoms with van der Waals surface area (Å²) >= 11 is 7.36. The molecule has 0 aromatic heterocycles. The van der Waals surface area contributed by atoms with Gasteiger partial charge in [-0.3, -0.25) is 14.4 Å². The van der Waals surface area contributed by atoms with E-state index in [-0.39, 0.29) is 33.6 Å². The van der Waals surface area contributed by atoms with Gasteiger partial charge >= 0.3 is 0 Å². The molecule has 0 fully saturated rings. The molecule has 0 aliphatic rings. The highest BCUT2D eigenvalue weighted by Crippen LogP contribution is 2.24. The first-order chi connectivity index (χ1) is 19.3. The number of carbonyl (C=O) groups is 3. The fourth-order valence-electron chi connectivity index (χ4n) is 3.47. The average molecular weight is 578 g/mol. The maximum atomic E-state index is 14.5. The molecule has 3 N–H and O–H groups in total. The van der Waals surface area contributed by atoms with E-state index in [2.05, 4.69) is 16.0 Å². The molecule has 3 amide bonds. The molecule has 0 aliphatic heterocycles. The lowest BCUT2D eigenvalue weighted by Crippen LogP contribution is -2.30. The largest absolute Gasteiger partial charge is 0.323 e. The van der Waals surface area contributed by atoms with E-state index in [0.29, 0.717) is 11.3 Å². The van der Waals surface area contributed by atoms with E-state index in [1.54, 1.807) is 60.7 Å². The Kier molecular flexibility index (Phi) is 9.66. The zero-order valence-corrected chi connectivity index (χ0v) is 22.4. The van der Waals surface area contributed by atoms with Gasteiger partial charge in [-0.25, -0.2) is 8.78 Å². The molecule has 4 aromatic carbocycles. The molecule has 0 saturated carbocycles. The molecule has 10 heteroatoms. The Bertz CT molecular complexity index is 1540. The van der Waals surface area contributed by atoms with E-state index in [4.69, 9.17) is 11.6 Å². The lowest BCUT2D eigenvalue weighted by Gasteiger charge is -2.12. The fraction of sp³-hybridized carbons (Fsp3) is 0.0333. The van der Waals surface area contributed by atoms with Crippen LogP contribution in [0.5, 0.6) is 0 Å². The van der Waals surface area contributed by atoms with Gasteiger partial charge in [0.05, 0.1) is 16.5 Å². The third-order valence-electron chi connectivity index (χ3n) is 5.45. The van der Waals surface area contributed by atoms with Crippen LogP contribution in [-0.2, 0) is 9.59 Å². The highest BCUT2D eigenvalue weighted by atomic mass is 35.5. The Hall–Kier alpha value is -4.47. The second kappa shape index (κ2) is 13.5. The van der Waals surface area contributed by atoms with Crippen molar-refractivity contribution >= 4 is 58.5 Å². The minimum absolute atomic E-state index is 0.0435. The fourth-order valence-corrected chi connectivity index (χ4v) is 4.38. The minimum Gasteiger partial charge on any atom is -0.323 e. The summed E-state index contributed by atoms with van der Waals surface area (Å²) in [5.41, 5.74) is 0.532. The molecule has 40 heavy (non-hydrogen) atoms. The van der Waals surface area contributed by atoms with E-state index in [0.717, 1.165) is 4.90 Å². The van der Waals surface area contributed by atoms with E-state index in [9.17, 15) is 23.2 Å². The van der Waals surface area contributed by atoms with Crippen LogP contribution in [0.15, 0.2) is 108 Å². The maximum absolute atomic E-state index is 14.5. The number of para-hydroxylation sites is 1. The van der Waals surface area contributed by atoms with Gasteiger partial charge in [0.15, 0.2) is 0 Å². The molecule has 4 aromatic rings. The van der Waals surface area contributed by atoms with Crippen molar-refractivity contribution in [3.63, 3.8) is 0 Å². The van der Waals surface area contributed by atoms with Gasteiger partial charge in [-0.15, -0.1) is 11.8 Å². The number of anilines is 2. The summed E-state index contributed by atoms with van der Waals surface area (Å²) in [6, 6.07) is 24.8. The van der Waals surface area contributed by atoms with Crippen molar-refractivity contribution in [2.45, 2.75) is 4.90 Å². The lowest BCUT2D eigenvalue weighted by atomic mass is 10.1. The molecule has 6 nitrogen and oxygen atoms in total. The van der Waals surface area contributed by atoms with E-state index in [1.165, 1.54) is 54.2 Å². The molecule has 0 spiro atoms. The molecule has 0 atom stereocenters. The van der Waals surface area contributed by atoms with Crippen molar-refractivity contribution in [1.29, 1.82) is 0 Å². The number of thioether (sulfide) groups is 1. The topological polar surface area (TPSA) is 87.3 Å². The molecule has 0 heterocycles. The van der Waals surface area contributed by atoms with Crippen molar-refractivity contribution in [1.82, 2.24) is 5.32 Å². The Morgan fingerprint density at radius 1 is 0.775 bits per heavy atom. The van der Waals surface area contributed by atoms with Crippen LogP contribution in [-0.4, -0.2) is 23.5 Å². The highest BCUT2D eigenvalue weighted by molar-refractivity contribution is 8.00. The molecule has 0 radical (unpaired) electrons. The van der Waals surface area contributed by atoms with Crippen LogP contribution in [0, 0.1) is 11.6 Å². The molecule has 0 bridgehead atoms. The van der Waals surface area contributed by atoms with Crippen LogP contribution in [0.4, 0.5) is 20.2 Å². The van der Waals surface area contributed by atoms with Crippen molar-refractivity contribution in [2.75, 3.05) is 16.4 Å². The molecular weight excluding hydrogens is 556 g/mol. The first-order valence-electron chi connectivity index (χ1n) is 11.9. The second-order valence-corrected chi connectivity index (χ2v) is 9.76. The smallest absolute Gasteiger partial charge is 0.272 e. The Labute approximate surface area is 238 Å². The number of hydrogen-bond donors (Lipinski definition) is 3. The summed E-state index contributed by atoms with van der Waals surface area (Å²) in [4.78, 5) is 38.8. The predicted molar refractivity (Wildman–Crippen MR) is 154 cm³/mol. The molecule has 0 unspecified atom stereocenters. The number of hydrogen-bond acceptors (Lipinski definition) is 4. The summed E-state index contributed by atoms with van der Waals surface area (Å²) in [5.74, 6) is -2.77. The number of halogens is 3. The van der Waals surface area contributed by atoms with Gasteiger partial charge < -0.3 is 16.0 Å². The van der Waals surface area contributed by atoms with Gasteiger partial charge in [0.25, 0.3) is 11.8 Å². The van der Waals surface area contributed by atoms with Crippen LogP contribution in [0.2, 0.25) is 5.02 Å².